The van der Waals surface area contributed by atoms with E-state index >= 15 is 0 Å². The fraction of sp³-hybridized carbons (Fsp3) is 0.600. The first-order valence-corrected chi connectivity index (χ1v) is 4.85. The van der Waals surface area contributed by atoms with Gasteiger partial charge in [-0.3, -0.25) is 0 Å². The molecule has 0 aliphatic heterocycles. The maximum absolute atomic E-state index is 4.28. The first-order valence-electron chi connectivity index (χ1n) is 4.85. The molecule has 13 heavy (non-hydrogen) atoms. The molecule has 0 radical (unpaired) electrons. The van der Waals surface area contributed by atoms with E-state index in [-0.39, 0.29) is 0 Å². The van der Waals surface area contributed by atoms with Gasteiger partial charge in [-0.2, -0.15) is 0 Å². The van der Waals surface area contributed by atoms with Crippen molar-refractivity contribution in [2.24, 2.45) is 5.92 Å². The maximum Gasteiger partial charge on any atom is 0.115 e. The molecule has 1 aromatic heterocycles. The van der Waals surface area contributed by atoms with Crippen molar-refractivity contribution in [3.8, 4) is 0 Å². The minimum atomic E-state index is 0.428. The van der Waals surface area contributed by atoms with Gasteiger partial charge in [0.2, 0.25) is 0 Å². The second kappa shape index (κ2) is 3.83. The quantitative estimate of drug-likeness (QED) is 0.761. The second-order valence-electron chi connectivity index (χ2n) is 3.59. The van der Waals surface area contributed by atoms with Crippen molar-refractivity contribution in [2.45, 2.75) is 25.3 Å². The predicted octanol–water partition coefficient (Wildman–Crippen LogP) is 1.54. The van der Waals surface area contributed by atoms with Crippen LogP contribution in [0.1, 0.15) is 31.0 Å². The van der Waals surface area contributed by atoms with E-state index in [1.54, 1.807) is 6.33 Å². The molecule has 1 N–H and O–H groups in total. The smallest absolute Gasteiger partial charge is 0.115 e. The Morgan fingerprint density at radius 2 is 2.38 bits per heavy atom. The van der Waals surface area contributed by atoms with E-state index in [4.69, 9.17) is 0 Å². The Morgan fingerprint density at radius 3 is 2.85 bits per heavy atom. The molecule has 0 spiro atoms. The van der Waals surface area contributed by atoms with Crippen molar-refractivity contribution >= 4 is 0 Å². The van der Waals surface area contributed by atoms with Gasteiger partial charge in [-0.15, -0.1) is 0 Å². The van der Waals surface area contributed by atoms with Crippen molar-refractivity contribution in [1.29, 1.82) is 0 Å². The normalized spacial score (nSPS) is 19.5. The highest BCUT2D eigenvalue weighted by Crippen LogP contribution is 2.36. The molecule has 1 aromatic rings. The Balaban J connectivity index is 2.12. The van der Waals surface area contributed by atoms with E-state index in [0.29, 0.717) is 6.04 Å². The van der Waals surface area contributed by atoms with Crippen LogP contribution in [0.4, 0.5) is 0 Å². The molecule has 0 saturated heterocycles. The van der Waals surface area contributed by atoms with Crippen LogP contribution in [0.5, 0.6) is 0 Å². The Bertz CT molecular complexity index is 256. The first-order chi connectivity index (χ1) is 6.42. The summed E-state index contributed by atoms with van der Waals surface area (Å²) < 4.78 is 0. The largest absolute Gasteiger partial charge is 0.311 e. The molecule has 1 aliphatic carbocycles. The van der Waals surface area contributed by atoms with Crippen LogP contribution in [0.2, 0.25) is 0 Å². The number of rotatable bonds is 3. The molecule has 2 rings (SSSR count). The molecule has 1 heterocycles. The third kappa shape index (κ3) is 1.70. The Hall–Kier alpha value is -0.960. The lowest BCUT2D eigenvalue weighted by Gasteiger charge is -2.33. The van der Waals surface area contributed by atoms with Crippen molar-refractivity contribution in [1.82, 2.24) is 15.3 Å². The van der Waals surface area contributed by atoms with Gasteiger partial charge in [-0.25, -0.2) is 9.97 Å². The van der Waals surface area contributed by atoms with Gasteiger partial charge in [0, 0.05) is 6.20 Å². The van der Waals surface area contributed by atoms with Crippen molar-refractivity contribution in [2.75, 3.05) is 7.05 Å². The van der Waals surface area contributed by atoms with Gasteiger partial charge in [0.25, 0.3) is 0 Å². The fourth-order valence-corrected chi connectivity index (χ4v) is 1.88. The molecular weight excluding hydrogens is 162 g/mol. The topological polar surface area (TPSA) is 37.8 Å². The van der Waals surface area contributed by atoms with E-state index in [1.165, 1.54) is 19.3 Å². The number of hydrogen-bond acceptors (Lipinski definition) is 3. The highest BCUT2D eigenvalue weighted by molar-refractivity contribution is 5.07. The summed E-state index contributed by atoms with van der Waals surface area (Å²) in [5.74, 6) is 0.778. The third-order valence-electron chi connectivity index (χ3n) is 2.86. The highest BCUT2D eigenvalue weighted by Gasteiger charge is 2.27. The lowest BCUT2D eigenvalue weighted by molar-refractivity contribution is 0.236. The first kappa shape index (κ1) is 8.63. The number of nitrogens with zero attached hydrogens (tertiary/aromatic N) is 2. The molecule has 0 bridgehead atoms. The van der Waals surface area contributed by atoms with Crippen LogP contribution >= 0.6 is 0 Å². The van der Waals surface area contributed by atoms with E-state index < -0.39 is 0 Å². The average molecular weight is 177 g/mol. The van der Waals surface area contributed by atoms with E-state index in [2.05, 4.69) is 15.3 Å². The van der Waals surface area contributed by atoms with Crippen LogP contribution in [-0.4, -0.2) is 17.0 Å². The van der Waals surface area contributed by atoms with Crippen LogP contribution in [0.25, 0.3) is 0 Å². The van der Waals surface area contributed by atoms with E-state index in [0.717, 1.165) is 11.6 Å². The lowest BCUT2D eigenvalue weighted by Crippen LogP contribution is -2.30. The SMILES string of the molecule is CNC(c1ccncn1)C1CCC1. The molecule has 1 fully saturated rings. The van der Waals surface area contributed by atoms with Crippen LogP contribution in [0.15, 0.2) is 18.6 Å². The van der Waals surface area contributed by atoms with E-state index in [9.17, 15) is 0 Å². The van der Waals surface area contributed by atoms with Crippen LogP contribution in [0, 0.1) is 5.92 Å². The zero-order valence-electron chi connectivity index (χ0n) is 7.90. The standard InChI is InChI=1S/C10H15N3/c1-11-10(8-3-2-4-8)9-5-6-12-7-13-9/h5-8,10-11H,2-4H2,1H3. The number of hydrogen-bond donors (Lipinski definition) is 1. The zero-order chi connectivity index (χ0) is 9.10. The molecule has 1 unspecified atom stereocenters. The Morgan fingerprint density at radius 1 is 1.54 bits per heavy atom. The summed E-state index contributed by atoms with van der Waals surface area (Å²) in [7, 11) is 2.01. The molecule has 0 aromatic carbocycles. The highest BCUT2D eigenvalue weighted by atomic mass is 14.9. The average Bonchev–Trinajstić information content (AvgIpc) is 2.12. The maximum atomic E-state index is 4.28. The minimum Gasteiger partial charge on any atom is -0.311 e. The molecular formula is C10H15N3. The minimum absolute atomic E-state index is 0.428. The van der Waals surface area contributed by atoms with Gasteiger partial charge in [0.15, 0.2) is 0 Å². The predicted molar refractivity (Wildman–Crippen MR) is 51.2 cm³/mol. The van der Waals surface area contributed by atoms with Crippen molar-refractivity contribution < 1.29 is 0 Å². The zero-order valence-corrected chi connectivity index (χ0v) is 7.90. The lowest BCUT2D eigenvalue weighted by atomic mass is 9.78. The summed E-state index contributed by atoms with van der Waals surface area (Å²) in [6.45, 7) is 0. The van der Waals surface area contributed by atoms with Crippen LogP contribution in [-0.2, 0) is 0 Å². The van der Waals surface area contributed by atoms with Crippen molar-refractivity contribution in [3.05, 3.63) is 24.3 Å². The Labute approximate surface area is 78.6 Å². The van der Waals surface area contributed by atoms with Gasteiger partial charge < -0.3 is 5.32 Å². The van der Waals surface area contributed by atoms with Gasteiger partial charge in [-0.1, -0.05) is 6.42 Å². The fourth-order valence-electron chi connectivity index (χ4n) is 1.88. The summed E-state index contributed by atoms with van der Waals surface area (Å²) in [6, 6.07) is 2.43. The molecule has 3 nitrogen and oxygen atoms in total. The summed E-state index contributed by atoms with van der Waals surface area (Å²) in [4.78, 5) is 8.21. The summed E-state index contributed by atoms with van der Waals surface area (Å²) in [6.07, 6.45) is 7.46. The summed E-state index contributed by atoms with van der Waals surface area (Å²) in [5, 5.41) is 3.33. The van der Waals surface area contributed by atoms with Crippen molar-refractivity contribution in [3.63, 3.8) is 0 Å². The number of aromatic nitrogens is 2. The monoisotopic (exact) mass is 177 g/mol. The van der Waals surface area contributed by atoms with Crippen LogP contribution < -0.4 is 5.32 Å². The second-order valence-corrected chi connectivity index (χ2v) is 3.59. The van der Waals surface area contributed by atoms with Gasteiger partial charge >= 0.3 is 0 Å². The molecule has 1 saturated carbocycles. The molecule has 3 heteroatoms. The summed E-state index contributed by atoms with van der Waals surface area (Å²) in [5.41, 5.74) is 1.13. The summed E-state index contributed by atoms with van der Waals surface area (Å²) >= 11 is 0. The molecule has 1 atom stereocenters. The molecule has 1 aliphatic rings. The Kier molecular flexibility index (Phi) is 2.54. The van der Waals surface area contributed by atoms with E-state index in [1.807, 2.05) is 19.3 Å². The third-order valence-corrected chi connectivity index (χ3v) is 2.86. The number of nitrogens with one attached hydrogen (secondary N) is 1. The molecule has 0 amide bonds. The van der Waals surface area contributed by atoms with Crippen LogP contribution in [0.3, 0.4) is 0 Å². The van der Waals surface area contributed by atoms with Gasteiger partial charge in [0.05, 0.1) is 11.7 Å². The molecule has 70 valence electrons. The van der Waals surface area contributed by atoms with Gasteiger partial charge in [0.1, 0.15) is 6.33 Å². The van der Waals surface area contributed by atoms with Gasteiger partial charge in [-0.05, 0) is 31.9 Å².